The van der Waals surface area contributed by atoms with Gasteiger partial charge in [0.25, 0.3) is 5.91 Å². The van der Waals surface area contributed by atoms with Gasteiger partial charge < -0.3 is 10.4 Å². The van der Waals surface area contributed by atoms with Crippen LogP contribution in [0.1, 0.15) is 35.2 Å². The number of benzene rings is 1. The zero-order valence-electron chi connectivity index (χ0n) is 11.8. The van der Waals surface area contributed by atoms with E-state index in [0.717, 1.165) is 28.5 Å². The van der Waals surface area contributed by atoms with Gasteiger partial charge in [0, 0.05) is 15.5 Å². The van der Waals surface area contributed by atoms with E-state index in [1.165, 1.54) is 11.3 Å². The first-order valence-electron chi connectivity index (χ1n) is 7.06. The molecular formula is C16H17NO3S. The van der Waals surface area contributed by atoms with E-state index in [1.54, 1.807) is 5.38 Å². The van der Waals surface area contributed by atoms with Crippen molar-refractivity contribution in [3.05, 3.63) is 34.7 Å². The Morgan fingerprint density at radius 3 is 2.86 bits per heavy atom. The molecule has 0 saturated heterocycles. The first kappa shape index (κ1) is 14.1. The summed E-state index contributed by atoms with van der Waals surface area (Å²) < 4.78 is 1.05. The number of amides is 1. The molecule has 5 heteroatoms. The second-order valence-corrected chi connectivity index (χ2v) is 6.60. The van der Waals surface area contributed by atoms with Crippen molar-refractivity contribution >= 4 is 33.3 Å². The Kier molecular flexibility index (Phi) is 3.68. The second kappa shape index (κ2) is 5.48. The highest BCUT2D eigenvalue weighted by Gasteiger charge is 2.30. The third-order valence-electron chi connectivity index (χ3n) is 3.85. The lowest BCUT2D eigenvalue weighted by Gasteiger charge is -2.13. The lowest BCUT2D eigenvalue weighted by molar-refractivity contribution is -0.139. The molecule has 3 rings (SSSR count). The number of rotatable bonds is 5. The number of carboxylic acid groups (broad SMARTS) is 1. The maximum atomic E-state index is 12.4. The molecule has 1 fully saturated rings. The molecule has 21 heavy (non-hydrogen) atoms. The van der Waals surface area contributed by atoms with Crippen LogP contribution in [0, 0.1) is 12.8 Å². The SMILES string of the molecule is Cc1ccc2c(C(=O)NC(CC3CC3)C(=O)O)csc2c1. The fraction of sp³-hybridized carbons (Fsp3) is 0.375. The van der Waals surface area contributed by atoms with Gasteiger partial charge in [0.05, 0.1) is 5.56 Å². The predicted molar refractivity (Wildman–Crippen MR) is 82.8 cm³/mol. The second-order valence-electron chi connectivity index (χ2n) is 5.69. The molecule has 2 N–H and O–H groups in total. The van der Waals surface area contributed by atoms with E-state index in [1.807, 2.05) is 25.1 Å². The maximum Gasteiger partial charge on any atom is 0.326 e. The number of hydrogen-bond acceptors (Lipinski definition) is 3. The Balaban J connectivity index is 1.80. The third-order valence-corrected chi connectivity index (χ3v) is 4.79. The average Bonchev–Trinajstić information content (AvgIpc) is 3.15. The number of carbonyl (C=O) groups excluding carboxylic acids is 1. The van der Waals surface area contributed by atoms with Crippen molar-refractivity contribution in [2.45, 2.75) is 32.2 Å². The monoisotopic (exact) mass is 303 g/mol. The van der Waals surface area contributed by atoms with Crippen LogP contribution in [0.2, 0.25) is 0 Å². The summed E-state index contributed by atoms with van der Waals surface area (Å²) in [5.74, 6) is -0.794. The molecule has 1 atom stereocenters. The standard InChI is InChI=1S/C16H17NO3S/c1-9-2-5-11-12(8-21-14(11)6-9)15(18)17-13(16(19)20)7-10-3-4-10/h2,5-6,8,10,13H,3-4,7H2,1H3,(H,17,18)(H,19,20). The lowest BCUT2D eigenvalue weighted by Crippen LogP contribution is -2.41. The Morgan fingerprint density at radius 1 is 1.43 bits per heavy atom. The van der Waals surface area contributed by atoms with Gasteiger partial charge in [0.1, 0.15) is 6.04 Å². The quantitative estimate of drug-likeness (QED) is 0.891. The molecule has 0 spiro atoms. The van der Waals surface area contributed by atoms with Crippen LogP contribution in [0.15, 0.2) is 23.6 Å². The molecule has 0 aliphatic heterocycles. The largest absolute Gasteiger partial charge is 0.480 e. The summed E-state index contributed by atoms with van der Waals surface area (Å²) in [6.07, 6.45) is 2.67. The van der Waals surface area contributed by atoms with Crippen LogP contribution in [-0.4, -0.2) is 23.0 Å². The molecule has 1 aromatic carbocycles. The number of nitrogens with one attached hydrogen (secondary N) is 1. The Labute approximate surface area is 126 Å². The lowest BCUT2D eigenvalue weighted by atomic mass is 10.1. The van der Waals surface area contributed by atoms with Crippen LogP contribution in [0.25, 0.3) is 10.1 Å². The summed E-state index contributed by atoms with van der Waals surface area (Å²) in [4.78, 5) is 23.6. The molecule has 1 saturated carbocycles. The Hall–Kier alpha value is -1.88. The van der Waals surface area contributed by atoms with Crippen LogP contribution in [0.5, 0.6) is 0 Å². The van der Waals surface area contributed by atoms with Crippen LogP contribution in [0.4, 0.5) is 0 Å². The number of hydrogen-bond donors (Lipinski definition) is 2. The van der Waals surface area contributed by atoms with E-state index < -0.39 is 12.0 Å². The molecule has 1 aromatic heterocycles. The van der Waals surface area contributed by atoms with Crippen molar-refractivity contribution in [2.75, 3.05) is 0 Å². The van der Waals surface area contributed by atoms with Gasteiger partial charge in [-0.05, 0) is 30.9 Å². The smallest absolute Gasteiger partial charge is 0.326 e. The Bertz CT molecular complexity index is 703. The molecule has 2 aromatic rings. The summed E-state index contributed by atoms with van der Waals surface area (Å²) >= 11 is 1.51. The van der Waals surface area contributed by atoms with Crippen molar-refractivity contribution < 1.29 is 14.7 Å². The minimum absolute atomic E-state index is 0.293. The highest BCUT2D eigenvalue weighted by Crippen LogP contribution is 2.34. The number of thiophene rings is 1. The van der Waals surface area contributed by atoms with Gasteiger partial charge >= 0.3 is 5.97 Å². The van der Waals surface area contributed by atoms with E-state index in [4.69, 9.17) is 0 Å². The molecule has 1 amide bonds. The first-order valence-corrected chi connectivity index (χ1v) is 7.94. The van der Waals surface area contributed by atoms with Gasteiger partial charge in [-0.3, -0.25) is 4.79 Å². The van der Waals surface area contributed by atoms with Gasteiger partial charge in [0.2, 0.25) is 0 Å². The van der Waals surface area contributed by atoms with Gasteiger partial charge in [0.15, 0.2) is 0 Å². The molecule has 1 heterocycles. The van der Waals surface area contributed by atoms with Crippen molar-refractivity contribution in [1.29, 1.82) is 0 Å². The summed E-state index contributed by atoms with van der Waals surface area (Å²) in [6, 6.07) is 5.14. The highest BCUT2D eigenvalue weighted by molar-refractivity contribution is 7.17. The maximum absolute atomic E-state index is 12.4. The van der Waals surface area contributed by atoms with E-state index in [-0.39, 0.29) is 5.91 Å². The highest BCUT2D eigenvalue weighted by atomic mass is 32.1. The van der Waals surface area contributed by atoms with Crippen LogP contribution in [0.3, 0.4) is 0 Å². The van der Waals surface area contributed by atoms with Crippen molar-refractivity contribution in [2.24, 2.45) is 5.92 Å². The molecule has 110 valence electrons. The number of carbonyl (C=O) groups is 2. The van der Waals surface area contributed by atoms with Gasteiger partial charge in [-0.2, -0.15) is 0 Å². The zero-order chi connectivity index (χ0) is 15.0. The number of aryl methyl sites for hydroxylation is 1. The van der Waals surface area contributed by atoms with Crippen molar-refractivity contribution in [3.63, 3.8) is 0 Å². The molecule has 1 aliphatic rings. The summed E-state index contributed by atoms with van der Waals surface area (Å²) in [6.45, 7) is 2.01. The van der Waals surface area contributed by atoms with E-state index >= 15 is 0 Å². The van der Waals surface area contributed by atoms with E-state index in [9.17, 15) is 14.7 Å². The number of fused-ring (bicyclic) bond motifs is 1. The molecule has 4 nitrogen and oxygen atoms in total. The summed E-state index contributed by atoms with van der Waals surface area (Å²) in [5.41, 5.74) is 1.71. The van der Waals surface area contributed by atoms with Crippen molar-refractivity contribution in [1.82, 2.24) is 5.32 Å². The van der Waals surface area contributed by atoms with Crippen LogP contribution in [-0.2, 0) is 4.79 Å². The first-order chi connectivity index (χ1) is 10.0. The Morgan fingerprint density at radius 2 is 2.19 bits per heavy atom. The normalized spacial score (nSPS) is 15.9. The zero-order valence-corrected chi connectivity index (χ0v) is 12.6. The predicted octanol–water partition coefficient (Wildman–Crippen LogP) is 3.19. The van der Waals surface area contributed by atoms with E-state index in [2.05, 4.69) is 5.32 Å². The third kappa shape index (κ3) is 3.08. The molecule has 1 aliphatic carbocycles. The van der Waals surface area contributed by atoms with Crippen molar-refractivity contribution in [3.8, 4) is 0 Å². The summed E-state index contributed by atoms with van der Waals surface area (Å²) in [7, 11) is 0. The molecule has 0 radical (unpaired) electrons. The van der Waals surface area contributed by atoms with E-state index in [0.29, 0.717) is 17.9 Å². The fourth-order valence-corrected chi connectivity index (χ4v) is 3.49. The van der Waals surface area contributed by atoms with Crippen LogP contribution < -0.4 is 5.32 Å². The molecule has 1 unspecified atom stereocenters. The van der Waals surface area contributed by atoms with Gasteiger partial charge in [-0.25, -0.2) is 4.79 Å². The fourth-order valence-electron chi connectivity index (χ4n) is 2.46. The summed E-state index contributed by atoms with van der Waals surface area (Å²) in [5, 5.41) is 14.6. The molecular weight excluding hydrogens is 286 g/mol. The number of carboxylic acids is 1. The minimum Gasteiger partial charge on any atom is -0.480 e. The van der Waals surface area contributed by atoms with Gasteiger partial charge in [-0.1, -0.05) is 25.0 Å². The average molecular weight is 303 g/mol. The van der Waals surface area contributed by atoms with Crippen LogP contribution >= 0.6 is 11.3 Å². The minimum atomic E-state index is -0.953. The number of aliphatic carboxylic acids is 1. The van der Waals surface area contributed by atoms with Gasteiger partial charge in [-0.15, -0.1) is 11.3 Å². The topological polar surface area (TPSA) is 66.4 Å². The molecule has 0 bridgehead atoms.